The normalized spacial score (nSPS) is 13.3. The van der Waals surface area contributed by atoms with E-state index in [1.165, 1.54) is 81.4 Å². The molecule has 2 aliphatic carbocycles. The minimum absolute atomic E-state index is 0.0475. The van der Waals surface area contributed by atoms with Gasteiger partial charge in [0.2, 0.25) is 0 Å². The van der Waals surface area contributed by atoms with Crippen LogP contribution in [-0.2, 0) is 11.8 Å². The van der Waals surface area contributed by atoms with Crippen molar-refractivity contribution in [1.82, 2.24) is 15.0 Å². The van der Waals surface area contributed by atoms with Crippen LogP contribution >= 0.6 is 11.3 Å². The van der Waals surface area contributed by atoms with Crippen molar-refractivity contribution < 1.29 is 0 Å². The number of thiophene rings is 1. The molecule has 0 unspecified atom stereocenters. The number of aromatic nitrogens is 3. The lowest BCUT2D eigenvalue weighted by Crippen LogP contribution is -2.14. The summed E-state index contributed by atoms with van der Waals surface area (Å²) in [5, 5.41) is 2.48. The van der Waals surface area contributed by atoms with Gasteiger partial charge in [0.25, 0.3) is 0 Å². The van der Waals surface area contributed by atoms with E-state index in [-0.39, 0.29) is 5.41 Å². The molecule has 8 aromatic carbocycles. The molecule has 2 heterocycles. The van der Waals surface area contributed by atoms with Crippen LogP contribution in [0.25, 0.3) is 98.8 Å². The monoisotopic (exact) mass is 771 g/mol. The minimum Gasteiger partial charge on any atom is -0.208 e. The van der Waals surface area contributed by atoms with Gasteiger partial charge in [-0.05, 0) is 97.4 Å². The topological polar surface area (TPSA) is 38.7 Å². The van der Waals surface area contributed by atoms with Gasteiger partial charge in [0, 0.05) is 42.3 Å². The van der Waals surface area contributed by atoms with E-state index in [1.54, 1.807) is 11.3 Å². The molecule has 0 bridgehead atoms. The molecule has 2 aromatic heterocycles. The molecule has 0 amide bonds. The van der Waals surface area contributed by atoms with E-state index in [1.807, 2.05) is 18.2 Å². The zero-order valence-electron chi connectivity index (χ0n) is 32.7. The summed E-state index contributed by atoms with van der Waals surface area (Å²) in [7, 11) is 0. The Labute approximate surface area is 347 Å². The zero-order chi connectivity index (χ0) is 39.2. The lowest BCUT2D eigenvalue weighted by molar-refractivity contribution is 0.660. The van der Waals surface area contributed by atoms with Crippen LogP contribution in [0.1, 0.15) is 36.1 Å². The fourth-order valence-corrected chi connectivity index (χ4v) is 11.0. The molecule has 278 valence electrons. The Balaban J connectivity index is 0.951. The summed E-state index contributed by atoms with van der Waals surface area (Å²) < 4.78 is 2.44. The number of hydrogen-bond donors (Lipinski definition) is 0. The van der Waals surface area contributed by atoms with E-state index in [2.05, 4.69) is 172 Å². The highest BCUT2D eigenvalue weighted by molar-refractivity contribution is 7.26. The maximum Gasteiger partial charge on any atom is 0.165 e. The van der Waals surface area contributed by atoms with Gasteiger partial charge < -0.3 is 0 Å². The first-order valence-electron chi connectivity index (χ1n) is 20.3. The van der Waals surface area contributed by atoms with E-state index in [0.29, 0.717) is 17.5 Å². The summed E-state index contributed by atoms with van der Waals surface area (Å²) in [4.78, 5) is 15.5. The van der Waals surface area contributed by atoms with Gasteiger partial charge >= 0.3 is 0 Å². The van der Waals surface area contributed by atoms with E-state index < -0.39 is 0 Å². The van der Waals surface area contributed by atoms with E-state index in [0.717, 1.165) is 28.7 Å². The van der Waals surface area contributed by atoms with E-state index >= 15 is 0 Å². The Bertz CT molecular complexity index is 3340. The van der Waals surface area contributed by atoms with Gasteiger partial charge in [0.1, 0.15) is 0 Å². The minimum atomic E-state index is -0.0475. The predicted octanol–water partition coefficient (Wildman–Crippen LogP) is 14.5. The zero-order valence-corrected chi connectivity index (χ0v) is 33.5. The lowest BCUT2D eigenvalue weighted by Gasteiger charge is -2.22. The van der Waals surface area contributed by atoms with Gasteiger partial charge in [-0.1, -0.05) is 166 Å². The lowest BCUT2D eigenvalue weighted by atomic mass is 9.81. The molecule has 59 heavy (non-hydrogen) atoms. The molecular formula is C55H37N3S. The summed E-state index contributed by atoms with van der Waals surface area (Å²) in [5.74, 6) is 2.00. The molecule has 0 atom stereocenters. The number of hydrogen-bond acceptors (Lipinski definition) is 4. The summed E-state index contributed by atoms with van der Waals surface area (Å²) in [6.45, 7) is 4.72. The fraction of sp³-hybridized carbons (Fsp3) is 0.0727. The van der Waals surface area contributed by atoms with Gasteiger partial charge in [-0.3, -0.25) is 0 Å². The van der Waals surface area contributed by atoms with Gasteiger partial charge in [-0.2, -0.15) is 0 Å². The number of nitrogens with zero attached hydrogens (tertiary/aromatic N) is 3. The molecule has 2 aliphatic rings. The molecule has 0 fully saturated rings. The summed E-state index contributed by atoms with van der Waals surface area (Å²) in [5.41, 5.74) is 18.8. The van der Waals surface area contributed by atoms with Gasteiger partial charge in [-0.15, -0.1) is 11.3 Å². The highest BCUT2D eigenvalue weighted by Crippen LogP contribution is 2.51. The van der Waals surface area contributed by atoms with Crippen molar-refractivity contribution >= 4 is 31.5 Å². The average Bonchev–Trinajstić information content (AvgIpc) is 3.94. The van der Waals surface area contributed by atoms with Crippen LogP contribution in [0.3, 0.4) is 0 Å². The second-order valence-corrected chi connectivity index (χ2v) is 17.4. The first kappa shape index (κ1) is 34.1. The van der Waals surface area contributed by atoms with Crippen molar-refractivity contribution in [3.8, 4) is 78.7 Å². The van der Waals surface area contributed by atoms with Crippen molar-refractivity contribution in [2.24, 2.45) is 0 Å². The van der Waals surface area contributed by atoms with Crippen LogP contribution in [0.15, 0.2) is 176 Å². The summed E-state index contributed by atoms with van der Waals surface area (Å²) in [6.07, 6.45) is 0.870. The summed E-state index contributed by atoms with van der Waals surface area (Å²) in [6, 6.07) is 63.7. The Morgan fingerprint density at radius 1 is 0.390 bits per heavy atom. The predicted molar refractivity (Wildman–Crippen MR) is 246 cm³/mol. The molecule has 3 nitrogen and oxygen atoms in total. The molecule has 0 aliphatic heterocycles. The fourth-order valence-electron chi connectivity index (χ4n) is 9.74. The molecule has 0 radical (unpaired) electrons. The standard InChI is InChI=1S/C55H37N3S/c1-55(2)48-26-8-6-18-41(48)42-29-28-35(31-49(42)55)38-21-12-23-40-39-22-11-20-37(46(39)32-47(38)40)34-16-10-17-36(30-34)53-56-52(33-14-4-3-5-15-33)57-54(58-53)45-25-13-24-44-43-19-7-9-27-50(43)59-51(44)45/h3-31H,32H2,1-2H3. The Morgan fingerprint density at radius 3 is 1.75 bits per heavy atom. The number of rotatable bonds is 5. The number of benzene rings is 8. The van der Waals surface area contributed by atoms with Crippen LogP contribution in [0.5, 0.6) is 0 Å². The first-order chi connectivity index (χ1) is 29.0. The Kier molecular flexibility index (Phi) is 7.51. The molecule has 10 aromatic rings. The van der Waals surface area contributed by atoms with E-state index in [9.17, 15) is 0 Å². The van der Waals surface area contributed by atoms with Gasteiger partial charge in [0.15, 0.2) is 17.5 Å². The second kappa shape index (κ2) is 13.0. The smallest absolute Gasteiger partial charge is 0.165 e. The van der Waals surface area contributed by atoms with Crippen molar-refractivity contribution in [3.05, 3.63) is 198 Å². The molecule has 4 heteroatoms. The van der Waals surface area contributed by atoms with Crippen molar-refractivity contribution in [2.45, 2.75) is 25.7 Å². The molecule has 0 spiro atoms. The molecule has 0 saturated carbocycles. The molecule has 0 saturated heterocycles. The first-order valence-corrected chi connectivity index (χ1v) is 21.1. The van der Waals surface area contributed by atoms with Gasteiger partial charge in [0.05, 0.1) is 0 Å². The quantitative estimate of drug-likeness (QED) is 0.175. The third-order valence-electron chi connectivity index (χ3n) is 12.6. The molecular weight excluding hydrogens is 735 g/mol. The van der Waals surface area contributed by atoms with Crippen molar-refractivity contribution in [3.63, 3.8) is 0 Å². The van der Waals surface area contributed by atoms with Crippen molar-refractivity contribution in [1.29, 1.82) is 0 Å². The molecule has 0 N–H and O–H groups in total. The third-order valence-corrected chi connectivity index (χ3v) is 13.9. The Morgan fingerprint density at radius 2 is 0.932 bits per heavy atom. The molecule has 12 rings (SSSR count). The SMILES string of the molecule is CC1(C)c2ccccc2-c2ccc(-c3cccc4c3Cc3c(-c5cccc(-c6nc(-c7ccccc7)nc(-c7cccc8c7sc7ccccc78)n6)c5)cccc3-4)cc21. The summed E-state index contributed by atoms with van der Waals surface area (Å²) >= 11 is 1.79. The number of fused-ring (bicyclic) bond motifs is 9. The third kappa shape index (κ3) is 5.30. The van der Waals surface area contributed by atoms with Crippen molar-refractivity contribution in [2.75, 3.05) is 0 Å². The van der Waals surface area contributed by atoms with Crippen LogP contribution in [0.2, 0.25) is 0 Å². The highest BCUT2D eigenvalue weighted by Gasteiger charge is 2.35. The van der Waals surface area contributed by atoms with Crippen LogP contribution in [-0.4, -0.2) is 15.0 Å². The van der Waals surface area contributed by atoms with Crippen LogP contribution < -0.4 is 0 Å². The second-order valence-electron chi connectivity index (χ2n) is 16.3. The van der Waals surface area contributed by atoms with Gasteiger partial charge in [-0.25, -0.2) is 15.0 Å². The highest BCUT2D eigenvalue weighted by atomic mass is 32.1. The average molecular weight is 772 g/mol. The van der Waals surface area contributed by atoms with Crippen LogP contribution in [0.4, 0.5) is 0 Å². The Hall–Kier alpha value is -7.01. The van der Waals surface area contributed by atoms with E-state index in [4.69, 9.17) is 15.0 Å². The largest absolute Gasteiger partial charge is 0.208 e. The maximum atomic E-state index is 5.24. The van der Waals surface area contributed by atoms with Crippen LogP contribution in [0, 0.1) is 0 Å². The maximum absolute atomic E-state index is 5.24.